The lowest BCUT2D eigenvalue weighted by atomic mass is 10.2. The Labute approximate surface area is 191 Å². The second-order valence-corrected chi connectivity index (χ2v) is 8.26. The highest BCUT2D eigenvalue weighted by molar-refractivity contribution is 8.00. The molecule has 164 valence electrons. The molecule has 4 rings (SSSR count). The zero-order valence-electron chi connectivity index (χ0n) is 16.8. The Hall–Kier alpha value is -3.37. The lowest BCUT2D eigenvalue weighted by molar-refractivity contribution is 0.371. The number of aromatic hydroxyl groups is 1. The number of nitrogens with one attached hydrogen (secondary N) is 2. The van der Waals surface area contributed by atoms with Crippen molar-refractivity contribution in [2.75, 3.05) is 17.1 Å². The number of methoxy groups -OCH3 is 1. The van der Waals surface area contributed by atoms with Gasteiger partial charge in [0.15, 0.2) is 28.3 Å². The fraction of sp³-hybridized carbons (Fsp3) is 0.0909. The van der Waals surface area contributed by atoms with Crippen molar-refractivity contribution in [1.82, 2.24) is 9.97 Å². The molecule has 0 spiro atoms. The van der Waals surface area contributed by atoms with Gasteiger partial charge in [-0.2, -0.15) is 0 Å². The van der Waals surface area contributed by atoms with Gasteiger partial charge in [-0.05, 0) is 36.4 Å². The number of halogens is 2. The molecule has 0 atom stereocenters. The maximum atomic E-state index is 13.4. The van der Waals surface area contributed by atoms with Crippen molar-refractivity contribution >= 4 is 34.1 Å². The molecule has 0 saturated carbocycles. The third-order valence-corrected chi connectivity index (χ3v) is 6.12. The first kappa shape index (κ1) is 21.8. The summed E-state index contributed by atoms with van der Waals surface area (Å²) >= 11 is 2.64. The smallest absolute Gasteiger partial charge is 0.193 e. The van der Waals surface area contributed by atoms with Crippen molar-refractivity contribution in [1.29, 1.82) is 0 Å². The van der Waals surface area contributed by atoms with Crippen LogP contribution in [0, 0.1) is 11.6 Å². The number of anilines is 2. The minimum Gasteiger partial charge on any atom is -0.504 e. The number of aromatic nitrogens is 2. The number of nitrogens with zero attached hydrogens (tertiary/aromatic N) is 2. The topological polar surface area (TPSA) is 79.3 Å². The third-order valence-electron chi connectivity index (χ3n) is 4.48. The summed E-state index contributed by atoms with van der Waals surface area (Å²) in [6.45, 7) is 0.418. The lowest BCUT2D eigenvalue weighted by Gasteiger charge is -2.10. The molecule has 2 aromatic carbocycles. The van der Waals surface area contributed by atoms with E-state index in [1.165, 1.54) is 36.5 Å². The molecule has 32 heavy (non-hydrogen) atoms. The van der Waals surface area contributed by atoms with Gasteiger partial charge >= 0.3 is 0 Å². The maximum absolute atomic E-state index is 13.4. The SMILES string of the molecule is COc1cccc(CNc2ccc(SNc3nc(-c4ccc(F)c(F)c4)cs3)nc2)c1O. The van der Waals surface area contributed by atoms with E-state index in [4.69, 9.17) is 4.74 Å². The summed E-state index contributed by atoms with van der Waals surface area (Å²) in [5.41, 5.74) is 2.58. The van der Waals surface area contributed by atoms with Gasteiger partial charge in [0.05, 0.1) is 24.7 Å². The van der Waals surface area contributed by atoms with Gasteiger partial charge in [-0.15, -0.1) is 11.3 Å². The van der Waals surface area contributed by atoms with E-state index >= 15 is 0 Å². The number of rotatable bonds is 8. The number of hydrogen-bond donors (Lipinski definition) is 3. The Morgan fingerprint density at radius 2 is 2.00 bits per heavy atom. The Balaban J connectivity index is 1.32. The molecule has 2 heterocycles. The normalized spacial score (nSPS) is 10.7. The summed E-state index contributed by atoms with van der Waals surface area (Å²) < 4.78 is 34.8. The molecule has 0 aliphatic carbocycles. The molecule has 6 nitrogen and oxygen atoms in total. The minimum atomic E-state index is -0.904. The van der Waals surface area contributed by atoms with Crippen LogP contribution in [0.2, 0.25) is 0 Å². The van der Waals surface area contributed by atoms with Gasteiger partial charge in [0.25, 0.3) is 0 Å². The summed E-state index contributed by atoms with van der Waals surface area (Å²) in [6.07, 6.45) is 1.69. The number of para-hydroxylation sites is 1. The van der Waals surface area contributed by atoms with Gasteiger partial charge < -0.3 is 19.9 Å². The average molecular weight is 473 g/mol. The number of phenolic OH excluding ortho intramolecular Hbond substituents is 1. The second kappa shape index (κ2) is 9.84. The zero-order valence-corrected chi connectivity index (χ0v) is 18.4. The molecular weight excluding hydrogens is 454 g/mol. The van der Waals surface area contributed by atoms with Crippen LogP contribution in [-0.4, -0.2) is 22.2 Å². The highest BCUT2D eigenvalue weighted by atomic mass is 32.2. The van der Waals surface area contributed by atoms with Gasteiger partial charge in [0, 0.05) is 35.0 Å². The molecule has 0 aliphatic heterocycles. The van der Waals surface area contributed by atoms with Crippen LogP contribution in [0.25, 0.3) is 11.3 Å². The Morgan fingerprint density at radius 3 is 2.75 bits per heavy atom. The molecule has 0 amide bonds. The van der Waals surface area contributed by atoms with E-state index < -0.39 is 11.6 Å². The van der Waals surface area contributed by atoms with Crippen molar-refractivity contribution in [2.24, 2.45) is 0 Å². The van der Waals surface area contributed by atoms with E-state index in [2.05, 4.69) is 20.0 Å². The van der Waals surface area contributed by atoms with E-state index in [0.29, 0.717) is 34.2 Å². The van der Waals surface area contributed by atoms with E-state index in [9.17, 15) is 13.9 Å². The van der Waals surface area contributed by atoms with Crippen molar-refractivity contribution in [3.63, 3.8) is 0 Å². The molecule has 0 bridgehead atoms. The summed E-state index contributed by atoms with van der Waals surface area (Å²) in [6, 6.07) is 12.7. The molecule has 4 aromatic rings. The number of pyridine rings is 1. The van der Waals surface area contributed by atoms with Crippen LogP contribution >= 0.6 is 23.3 Å². The van der Waals surface area contributed by atoms with E-state index in [0.717, 1.165) is 22.8 Å². The standard InChI is InChI=1S/C22H18F2N4O2S2/c1-30-19-4-2-3-14(21(19)29)10-25-15-6-8-20(26-11-15)32-28-22-27-18(12-31-22)13-5-7-16(23)17(24)9-13/h2-9,11-12,25,29H,10H2,1H3,(H,27,28). The third kappa shape index (κ3) is 5.09. The maximum Gasteiger partial charge on any atom is 0.193 e. The van der Waals surface area contributed by atoms with Crippen LogP contribution in [0.15, 0.2) is 65.1 Å². The highest BCUT2D eigenvalue weighted by Crippen LogP contribution is 2.31. The zero-order chi connectivity index (χ0) is 22.5. The molecule has 0 unspecified atom stereocenters. The monoisotopic (exact) mass is 472 g/mol. The van der Waals surface area contributed by atoms with E-state index in [1.807, 2.05) is 24.3 Å². The number of ether oxygens (including phenoxy) is 1. The summed E-state index contributed by atoms with van der Waals surface area (Å²) in [5, 5.41) is 16.5. The highest BCUT2D eigenvalue weighted by Gasteiger charge is 2.10. The quantitative estimate of drug-likeness (QED) is 0.274. The average Bonchev–Trinajstić information content (AvgIpc) is 3.28. The van der Waals surface area contributed by atoms with Crippen molar-refractivity contribution in [3.8, 4) is 22.8 Å². The van der Waals surface area contributed by atoms with Crippen LogP contribution in [0.5, 0.6) is 11.5 Å². The van der Waals surface area contributed by atoms with Crippen LogP contribution in [0.4, 0.5) is 19.6 Å². The number of benzene rings is 2. The lowest BCUT2D eigenvalue weighted by Crippen LogP contribution is -2.01. The summed E-state index contributed by atoms with van der Waals surface area (Å²) in [7, 11) is 1.51. The van der Waals surface area contributed by atoms with Crippen LogP contribution < -0.4 is 14.8 Å². The Bertz CT molecular complexity index is 1220. The van der Waals surface area contributed by atoms with Crippen molar-refractivity contribution < 1.29 is 18.6 Å². The molecule has 0 radical (unpaired) electrons. The number of phenols is 1. The van der Waals surface area contributed by atoms with E-state index in [-0.39, 0.29) is 5.75 Å². The van der Waals surface area contributed by atoms with Crippen LogP contribution in [0.3, 0.4) is 0 Å². The molecule has 2 aromatic heterocycles. The van der Waals surface area contributed by atoms with Gasteiger partial charge in [-0.1, -0.05) is 12.1 Å². The van der Waals surface area contributed by atoms with Gasteiger partial charge in [-0.3, -0.25) is 0 Å². The van der Waals surface area contributed by atoms with Crippen LogP contribution in [-0.2, 0) is 6.54 Å². The Kier molecular flexibility index (Phi) is 6.72. The molecule has 0 saturated heterocycles. The minimum absolute atomic E-state index is 0.109. The first-order valence-electron chi connectivity index (χ1n) is 9.42. The predicted molar refractivity (Wildman–Crippen MR) is 123 cm³/mol. The van der Waals surface area contributed by atoms with Crippen molar-refractivity contribution in [3.05, 3.63) is 77.3 Å². The first-order chi connectivity index (χ1) is 15.5. The fourth-order valence-electron chi connectivity index (χ4n) is 2.82. The molecule has 3 N–H and O–H groups in total. The summed E-state index contributed by atoms with van der Waals surface area (Å²) in [4.78, 5) is 8.78. The molecule has 0 fully saturated rings. The van der Waals surface area contributed by atoms with Gasteiger partial charge in [0.2, 0.25) is 0 Å². The fourth-order valence-corrected chi connectivity index (χ4v) is 4.18. The largest absolute Gasteiger partial charge is 0.504 e. The van der Waals surface area contributed by atoms with Gasteiger partial charge in [-0.25, -0.2) is 18.7 Å². The first-order valence-corrected chi connectivity index (χ1v) is 11.1. The van der Waals surface area contributed by atoms with Crippen LogP contribution in [0.1, 0.15) is 5.56 Å². The van der Waals surface area contributed by atoms with Crippen molar-refractivity contribution in [2.45, 2.75) is 11.6 Å². The molecular formula is C22H18F2N4O2S2. The Morgan fingerprint density at radius 1 is 1.12 bits per heavy atom. The van der Waals surface area contributed by atoms with Gasteiger partial charge in [0.1, 0.15) is 5.03 Å². The number of thiazole rings is 1. The molecule has 0 aliphatic rings. The van der Waals surface area contributed by atoms with E-state index in [1.54, 1.807) is 17.6 Å². The number of hydrogen-bond acceptors (Lipinski definition) is 8. The second-order valence-electron chi connectivity index (χ2n) is 6.58. The summed E-state index contributed by atoms with van der Waals surface area (Å²) in [5.74, 6) is -1.26. The molecule has 10 heteroatoms. The predicted octanol–water partition coefficient (Wildman–Crippen LogP) is 5.93.